The Morgan fingerprint density at radius 2 is 1.62 bits per heavy atom. The van der Waals surface area contributed by atoms with Gasteiger partial charge in [-0.05, 0) is 31.0 Å². The summed E-state index contributed by atoms with van der Waals surface area (Å²) < 4.78 is 28.6. The van der Waals surface area contributed by atoms with Gasteiger partial charge in [-0.25, -0.2) is 13.2 Å². The second-order valence-electron chi connectivity index (χ2n) is 8.42. The smallest absolute Gasteiger partial charge is 0.330 e. The van der Waals surface area contributed by atoms with Gasteiger partial charge in [0.25, 0.3) is 17.7 Å². The largest absolute Gasteiger partial charge is 0.451 e. The number of sulfone groups is 1. The number of esters is 1. The van der Waals surface area contributed by atoms with E-state index in [-0.39, 0.29) is 29.1 Å². The zero-order valence-electron chi connectivity index (χ0n) is 18.5. The molecule has 1 saturated heterocycles. The van der Waals surface area contributed by atoms with Gasteiger partial charge in [-0.2, -0.15) is 0 Å². The molecule has 34 heavy (non-hydrogen) atoms. The maximum absolute atomic E-state index is 13.2. The number of imide groups is 1. The molecule has 3 amide bonds. The monoisotopic (exact) mass is 484 g/mol. The number of nitrogens with one attached hydrogen (secondary N) is 1. The molecule has 4 rings (SSSR count). The van der Waals surface area contributed by atoms with Gasteiger partial charge in [0, 0.05) is 12.5 Å². The number of carbonyl (C=O) groups excluding carboxylic acids is 4. The number of ether oxygens (including phenoxy) is 1. The summed E-state index contributed by atoms with van der Waals surface area (Å²) in [6.07, 6.45) is -0.940. The van der Waals surface area contributed by atoms with Crippen molar-refractivity contribution in [2.24, 2.45) is 0 Å². The number of benzene rings is 2. The van der Waals surface area contributed by atoms with Crippen LogP contribution in [-0.4, -0.2) is 66.7 Å². The summed E-state index contributed by atoms with van der Waals surface area (Å²) in [4.78, 5) is 52.6. The number of hydrogen-bond donors (Lipinski definition) is 1. The normalized spacial score (nSPS) is 20.5. The van der Waals surface area contributed by atoms with E-state index >= 15 is 0 Å². The maximum Gasteiger partial charge on any atom is 0.330 e. The van der Waals surface area contributed by atoms with Crippen LogP contribution in [0.5, 0.6) is 0 Å². The molecule has 10 heteroatoms. The van der Waals surface area contributed by atoms with Gasteiger partial charge in [0.15, 0.2) is 15.9 Å². The van der Waals surface area contributed by atoms with Crippen LogP contribution in [0.15, 0.2) is 54.6 Å². The number of fused-ring (bicyclic) bond motifs is 1. The molecule has 0 spiro atoms. The van der Waals surface area contributed by atoms with Crippen LogP contribution in [0.4, 0.5) is 0 Å². The third-order valence-electron chi connectivity index (χ3n) is 5.92. The summed E-state index contributed by atoms with van der Waals surface area (Å²) in [7, 11) is -3.19. The fourth-order valence-electron chi connectivity index (χ4n) is 4.14. The Morgan fingerprint density at radius 1 is 1.03 bits per heavy atom. The third kappa shape index (κ3) is 4.86. The molecule has 0 aromatic heterocycles. The summed E-state index contributed by atoms with van der Waals surface area (Å²) in [5.41, 5.74) is 1.10. The molecule has 0 aliphatic carbocycles. The van der Waals surface area contributed by atoms with E-state index in [1.54, 1.807) is 42.5 Å². The van der Waals surface area contributed by atoms with Gasteiger partial charge >= 0.3 is 5.97 Å². The van der Waals surface area contributed by atoms with E-state index in [9.17, 15) is 27.6 Å². The van der Waals surface area contributed by atoms with Crippen LogP contribution in [-0.2, 0) is 30.6 Å². The van der Waals surface area contributed by atoms with Crippen LogP contribution in [0.2, 0.25) is 0 Å². The molecule has 2 aliphatic rings. The van der Waals surface area contributed by atoms with Gasteiger partial charge in [-0.3, -0.25) is 19.3 Å². The Balaban J connectivity index is 1.52. The van der Waals surface area contributed by atoms with Gasteiger partial charge in [-0.1, -0.05) is 42.5 Å². The molecular formula is C24H24N2O7S. The van der Waals surface area contributed by atoms with E-state index in [0.29, 0.717) is 12.0 Å². The zero-order valence-corrected chi connectivity index (χ0v) is 19.3. The van der Waals surface area contributed by atoms with E-state index in [1.807, 2.05) is 0 Å². The van der Waals surface area contributed by atoms with Crippen molar-refractivity contribution in [1.82, 2.24) is 10.2 Å². The summed E-state index contributed by atoms with van der Waals surface area (Å²) in [5.74, 6) is -2.93. The highest BCUT2D eigenvalue weighted by Gasteiger charge is 2.44. The first-order valence-electron chi connectivity index (χ1n) is 10.9. The van der Waals surface area contributed by atoms with Crippen molar-refractivity contribution in [3.05, 3.63) is 71.3 Å². The highest BCUT2D eigenvalue weighted by molar-refractivity contribution is 7.91. The van der Waals surface area contributed by atoms with Crippen molar-refractivity contribution in [2.45, 2.75) is 38.0 Å². The van der Waals surface area contributed by atoms with Crippen LogP contribution in [0.1, 0.15) is 39.6 Å². The lowest BCUT2D eigenvalue weighted by Crippen LogP contribution is -2.49. The van der Waals surface area contributed by atoms with Crippen LogP contribution in [0.25, 0.3) is 0 Å². The molecule has 2 aromatic rings. The molecule has 1 fully saturated rings. The number of carbonyl (C=O) groups is 4. The van der Waals surface area contributed by atoms with Crippen LogP contribution >= 0.6 is 0 Å². The molecule has 3 atom stereocenters. The number of nitrogens with zero attached hydrogens (tertiary/aromatic N) is 1. The van der Waals surface area contributed by atoms with Crippen molar-refractivity contribution < 1.29 is 32.3 Å². The van der Waals surface area contributed by atoms with Crippen LogP contribution in [0, 0.1) is 0 Å². The Bertz CT molecular complexity index is 1210. The lowest BCUT2D eigenvalue weighted by atomic mass is 10.0. The zero-order chi connectivity index (χ0) is 24.5. The van der Waals surface area contributed by atoms with Gasteiger partial charge < -0.3 is 10.1 Å². The highest BCUT2D eigenvalue weighted by atomic mass is 32.2. The summed E-state index contributed by atoms with van der Waals surface area (Å²) >= 11 is 0. The molecular weight excluding hydrogens is 460 g/mol. The van der Waals surface area contributed by atoms with E-state index in [2.05, 4.69) is 5.32 Å². The van der Waals surface area contributed by atoms with Gasteiger partial charge in [-0.15, -0.1) is 0 Å². The Kier molecular flexibility index (Phi) is 6.52. The Morgan fingerprint density at radius 3 is 2.18 bits per heavy atom. The third-order valence-corrected chi connectivity index (χ3v) is 7.69. The van der Waals surface area contributed by atoms with Crippen molar-refractivity contribution in [3.8, 4) is 0 Å². The predicted molar refractivity (Wildman–Crippen MR) is 122 cm³/mol. The first-order valence-corrected chi connectivity index (χ1v) is 12.7. The lowest BCUT2D eigenvalue weighted by Gasteiger charge is -2.26. The Labute approximate surface area is 197 Å². The summed E-state index contributed by atoms with van der Waals surface area (Å²) in [6.45, 7) is 1.36. The molecule has 2 aliphatic heterocycles. The van der Waals surface area contributed by atoms with E-state index in [0.717, 1.165) is 4.90 Å². The molecule has 3 unspecified atom stereocenters. The fourth-order valence-corrected chi connectivity index (χ4v) is 5.82. The molecule has 2 aromatic carbocycles. The fraction of sp³-hybridized carbons (Fsp3) is 0.333. The van der Waals surface area contributed by atoms with Crippen LogP contribution < -0.4 is 5.32 Å². The van der Waals surface area contributed by atoms with Gasteiger partial charge in [0.2, 0.25) is 0 Å². The SMILES string of the molecule is CC(OC(=O)C(Cc1ccccc1)N1C(=O)c2ccccc2C1=O)C(=O)NC1CCS(=O)(=O)C1. The second-order valence-corrected chi connectivity index (χ2v) is 10.6. The molecule has 0 saturated carbocycles. The first-order chi connectivity index (χ1) is 16.2. The molecule has 9 nitrogen and oxygen atoms in total. The highest BCUT2D eigenvalue weighted by Crippen LogP contribution is 2.26. The van der Waals surface area contributed by atoms with Crippen molar-refractivity contribution in [2.75, 3.05) is 11.5 Å². The average Bonchev–Trinajstić information content (AvgIpc) is 3.28. The van der Waals surface area contributed by atoms with E-state index in [1.165, 1.54) is 19.1 Å². The van der Waals surface area contributed by atoms with Crippen LogP contribution in [0.3, 0.4) is 0 Å². The maximum atomic E-state index is 13.2. The number of rotatable bonds is 7. The molecule has 178 valence electrons. The topological polar surface area (TPSA) is 127 Å². The lowest BCUT2D eigenvalue weighted by molar-refractivity contribution is -0.158. The van der Waals surface area contributed by atoms with Gasteiger partial charge in [0.1, 0.15) is 6.04 Å². The van der Waals surface area contributed by atoms with Crippen molar-refractivity contribution in [1.29, 1.82) is 0 Å². The van der Waals surface area contributed by atoms with E-state index in [4.69, 9.17) is 4.74 Å². The van der Waals surface area contributed by atoms with Crippen molar-refractivity contribution >= 4 is 33.5 Å². The minimum Gasteiger partial charge on any atom is -0.451 e. The molecule has 2 heterocycles. The van der Waals surface area contributed by atoms with E-state index < -0.39 is 51.7 Å². The summed E-state index contributed by atoms with van der Waals surface area (Å²) in [5, 5.41) is 2.59. The molecule has 0 bridgehead atoms. The molecule has 1 N–H and O–H groups in total. The minimum absolute atomic E-state index is 0.00892. The number of hydrogen-bond acceptors (Lipinski definition) is 7. The number of amides is 3. The average molecular weight is 485 g/mol. The minimum atomic E-state index is -3.19. The Hall–Kier alpha value is -3.53. The standard InChI is InChI=1S/C24H24N2O7S/c1-15(21(27)25-17-11-12-34(31,32)14-17)33-24(30)20(13-16-7-3-2-4-8-16)26-22(28)18-9-5-6-10-19(18)23(26)29/h2-10,15,17,20H,11-14H2,1H3,(H,25,27). The summed E-state index contributed by atoms with van der Waals surface area (Å²) in [6, 6.07) is 13.3. The first kappa shape index (κ1) is 23.6. The van der Waals surface area contributed by atoms with Gasteiger partial charge in [0.05, 0.1) is 22.6 Å². The quantitative estimate of drug-likeness (QED) is 0.461. The second kappa shape index (κ2) is 9.38. The molecule has 0 radical (unpaired) electrons. The van der Waals surface area contributed by atoms with Crippen molar-refractivity contribution in [3.63, 3.8) is 0 Å². The predicted octanol–water partition coefficient (Wildman–Crippen LogP) is 1.13.